The van der Waals surface area contributed by atoms with Crippen molar-refractivity contribution in [3.05, 3.63) is 12.2 Å². The Kier molecular flexibility index (Phi) is 6.72. The normalized spacial score (nSPS) is 16.9. The van der Waals surface area contributed by atoms with Crippen molar-refractivity contribution in [2.24, 2.45) is 0 Å². The van der Waals surface area contributed by atoms with E-state index in [4.69, 9.17) is 0 Å². The molecule has 0 amide bonds. The van der Waals surface area contributed by atoms with Crippen LogP contribution in [-0.2, 0) is 19.6 Å². The average molecular weight is 483 g/mol. The highest BCUT2D eigenvalue weighted by Gasteiger charge is 2.86. The van der Waals surface area contributed by atoms with Gasteiger partial charge < -0.3 is 4.74 Å². The molecule has 0 aliphatic carbocycles. The van der Waals surface area contributed by atoms with Gasteiger partial charge in [-0.1, -0.05) is 6.58 Å². The third kappa shape index (κ3) is 4.53. The van der Waals surface area contributed by atoms with Gasteiger partial charge in [-0.2, -0.15) is 57.1 Å². The number of carbonyl (C=O) groups excluding carboxylic acids is 1. The van der Waals surface area contributed by atoms with Crippen molar-refractivity contribution >= 4 is 16.0 Å². The van der Waals surface area contributed by atoms with Gasteiger partial charge in [-0.15, -0.1) is 4.72 Å². The molecule has 0 aliphatic heterocycles. The summed E-state index contributed by atoms with van der Waals surface area (Å²) in [6, 6.07) is 0. The van der Waals surface area contributed by atoms with Crippen molar-refractivity contribution in [1.82, 2.24) is 4.72 Å². The fourth-order valence-electron chi connectivity index (χ4n) is 1.12. The van der Waals surface area contributed by atoms with Gasteiger partial charge >= 0.3 is 41.4 Å². The maximum atomic E-state index is 13.8. The van der Waals surface area contributed by atoms with Gasteiger partial charge in [0.2, 0.25) is 0 Å². The van der Waals surface area contributed by atoms with E-state index in [1.54, 1.807) is 0 Å². The zero-order valence-corrected chi connectivity index (χ0v) is 14.0. The molecule has 0 radical (unpaired) electrons. The summed E-state index contributed by atoms with van der Waals surface area (Å²) in [5.74, 6) is -24.5. The van der Waals surface area contributed by atoms with Crippen LogP contribution in [0.25, 0.3) is 0 Å². The standard InChI is InChI=1S/C10H6F13NO4S/c1-3(2)4(25)28-10(23,8(18,19)20)24-29(26,27)9(21,22)6(13,14)5(11,12)7(15,16)17/h24H,1H2,2H3. The number of sulfonamides is 1. The Morgan fingerprint density at radius 3 is 1.45 bits per heavy atom. The molecule has 0 spiro atoms. The van der Waals surface area contributed by atoms with E-state index in [2.05, 4.69) is 11.3 Å². The van der Waals surface area contributed by atoms with Crippen molar-refractivity contribution in [1.29, 1.82) is 0 Å². The van der Waals surface area contributed by atoms with Gasteiger partial charge in [0.05, 0.1) is 0 Å². The van der Waals surface area contributed by atoms with Crippen molar-refractivity contribution in [2.45, 2.75) is 42.4 Å². The molecule has 5 nitrogen and oxygen atoms in total. The quantitative estimate of drug-likeness (QED) is 0.198. The second-order valence-corrected chi connectivity index (χ2v) is 6.76. The second kappa shape index (κ2) is 7.17. The number of carbonyl (C=O) groups is 1. The SMILES string of the molecule is C=C(C)C(=O)OC(F)(NS(=O)(=O)C(F)(F)C(F)(F)C(F)(F)C(F)(F)F)C(F)(F)F. The van der Waals surface area contributed by atoms with E-state index < -0.39 is 61.7 Å². The zero-order chi connectivity index (χ0) is 24.1. The summed E-state index contributed by atoms with van der Waals surface area (Å²) in [4.78, 5) is 10.9. The summed E-state index contributed by atoms with van der Waals surface area (Å²) in [5.41, 5.74) is -1.13. The topological polar surface area (TPSA) is 72.5 Å². The zero-order valence-electron chi connectivity index (χ0n) is 13.2. The number of esters is 1. The molecule has 0 aromatic rings. The molecule has 172 valence electrons. The van der Waals surface area contributed by atoms with Crippen LogP contribution in [0.15, 0.2) is 12.2 Å². The van der Waals surface area contributed by atoms with Crippen LogP contribution in [0.5, 0.6) is 0 Å². The molecule has 0 saturated heterocycles. The molecule has 29 heavy (non-hydrogen) atoms. The summed E-state index contributed by atoms with van der Waals surface area (Å²) in [7, 11) is -8.09. The molecule has 0 fully saturated rings. The van der Waals surface area contributed by atoms with Crippen molar-refractivity contribution in [3.8, 4) is 0 Å². The summed E-state index contributed by atoms with van der Waals surface area (Å²) >= 11 is 0. The first-order valence-corrected chi connectivity index (χ1v) is 7.65. The lowest BCUT2D eigenvalue weighted by molar-refractivity contribution is -0.382. The number of hydrogen-bond donors (Lipinski definition) is 1. The fraction of sp³-hybridized carbons (Fsp3) is 0.700. The highest BCUT2D eigenvalue weighted by molar-refractivity contribution is 7.90. The molecule has 0 aromatic heterocycles. The molecular formula is C10H6F13NO4S. The minimum absolute atomic E-state index is 0.514. The Balaban J connectivity index is 6.45. The third-order valence-corrected chi connectivity index (χ3v) is 4.13. The maximum Gasteiger partial charge on any atom is 0.478 e. The number of ether oxygens (including phenoxy) is 1. The number of rotatable bonds is 7. The summed E-state index contributed by atoms with van der Waals surface area (Å²) in [6.45, 7) is 3.10. The molecule has 1 N–H and O–H groups in total. The van der Waals surface area contributed by atoms with Crippen LogP contribution < -0.4 is 4.72 Å². The molecule has 0 saturated carbocycles. The highest BCUT2D eigenvalue weighted by Crippen LogP contribution is 2.55. The van der Waals surface area contributed by atoms with Gasteiger partial charge in [0.25, 0.3) is 10.0 Å². The Labute approximate surface area is 151 Å². The number of halogens is 13. The molecule has 1 atom stereocenters. The van der Waals surface area contributed by atoms with Gasteiger partial charge in [0.15, 0.2) is 0 Å². The number of hydrogen-bond acceptors (Lipinski definition) is 4. The Morgan fingerprint density at radius 2 is 1.17 bits per heavy atom. The largest absolute Gasteiger partial charge is 0.478 e. The molecule has 0 aliphatic rings. The van der Waals surface area contributed by atoms with Gasteiger partial charge in [-0.05, 0) is 6.92 Å². The van der Waals surface area contributed by atoms with E-state index in [-0.39, 0.29) is 0 Å². The third-order valence-electron chi connectivity index (χ3n) is 2.67. The maximum absolute atomic E-state index is 13.8. The number of nitrogens with one attached hydrogen (secondary N) is 1. The molecule has 0 heterocycles. The average Bonchev–Trinajstić information content (AvgIpc) is 2.43. The minimum atomic E-state index is -8.09. The smallest absolute Gasteiger partial charge is 0.403 e. The first-order chi connectivity index (χ1) is 12.3. The fourth-order valence-corrected chi connectivity index (χ4v) is 2.21. The van der Waals surface area contributed by atoms with Crippen LogP contribution in [-0.4, -0.2) is 49.8 Å². The van der Waals surface area contributed by atoms with E-state index in [1.165, 1.54) is 0 Å². The first-order valence-electron chi connectivity index (χ1n) is 6.16. The second-order valence-electron chi connectivity index (χ2n) is 5.03. The van der Waals surface area contributed by atoms with Gasteiger partial charge in [0.1, 0.15) is 0 Å². The Bertz CT molecular complexity index is 769. The lowest BCUT2D eigenvalue weighted by atomic mass is 10.1. The monoisotopic (exact) mass is 483 g/mol. The van der Waals surface area contributed by atoms with Crippen molar-refractivity contribution in [2.75, 3.05) is 0 Å². The predicted octanol–water partition coefficient (Wildman–Crippen LogP) is 3.64. The molecule has 0 aromatic carbocycles. The summed E-state index contributed by atoms with van der Waals surface area (Å²) < 4.78 is 190. The highest BCUT2D eigenvalue weighted by atomic mass is 32.2. The van der Waals surface area contributed by atoms with Crippen LogP contribution in [0, 0.1) is 0 Å². The van der Waals surface area contributed by atoms with Crippen LogP contribution in [0.2, 0.25) is 0 Å². The molecule has 0 rings (SSSR count). The summed E-state index contributed by atoms with van der Waals surface area (Å²) in [6.07, 6.45) is -14.4. The van der Waals surface area contributed by atoms with Crippen LogP contribution >= 0.6 is 0 Å². The number of alkyl halides is 13. The Morgan fingerprint density at radius 1 is 0.793 bits per heavy atom. The molecule has 1 unspecified atom stereocenters. The van der Waals surface area contributed by atoms with Crippen molar-refractivity contribution in [3.63, 3.8) is 0 Å². The lowest BCUT2D eigenvalue weighted by Gasteiger charge is -2.35. The van der Waals surface area contributed by atoms with Crippen molar-refractivity contribution < 1.29 is 75.0 Å². The molecular weight excluding hydrogens is 477 g/mol. The van der Waals surface area contributed by atoms with Crippen LogP contribution in [0.4, 0.5) is 57.1 Å². The predicted molar refractivity (Wildman–Crippen MR) is 63.8 cm³/mol. The minimum Gasteiger partial charge on any atom is -0.403 e. The lowest BCUT2D eigenvalue weighted by Crippen LogP contribution is -2.68. The van der Waals surface area contributed by atoms with E-state index in [0.29, 0.717) is 6.92 Å². The van der Waals surface area contributed by atoms with Crippen LogP contribution in [0.3, 0.4) is 0 Å². The van der Waals surface area contributed by atoms with E-state index in [9.17, 15) is 70.3 Å². The van der Waals surface area contributed by atoms with Crippen LogP contribution in [0.1, 0.15) is 6.92 Å². The van der Waals surface area contributed by atoms with E-state index in [0.717, 1.165) is 0 Å². The van der Waals surface area contributed by atoms with Gasteiger partial charge in [0, 0.05) is 5.57 Å². The van der Waals surface area contributed by atoms with Gasteiger partial charge in [-0.25, -0.2) is 13.2 Å². The molecule has 0 bridgehead atoms. The van der Waals surface area contributed by atoms with Gasteiger partial charge in [-0.3, -0.25) is 0 Å². The van der Waals surface area contributed by atoms with E-state index >= 15 is 0 Å². The summed E-state index contributed by atoms with van der Waals surface area (Å²) in [5, 5.41) is -7.71. The first kappa shape index (κ1) is 27.2. The molecule has 19 heteroatoms. The van der Waals surface area contributed by atoms with E-state index in [1.807, 2.05) is 0 Å². The Hall–Kier alpha value is -1.79.